The lowest BCUT2D eigenvalue weighted by Crippen LogP contribution is -2.29. The van der Waals surface area contributed by atoms with E-state index in [2.05, 4.69) is 25.7 Å². The van der Waals surface area contributed by atoms with Gasteiger partial charge in [-0.3, -0.25) is 10.1 Å². The van der Waals surface area contributed by atoms with E-state index in [1.807, 2.05) is 18.2 Å². The lowest BCUT2D eigenvalue weighted by atomic mass is 10.1. The number of aromatic nitrogens is 3. The molecule has 1 aromatic heterocycles. The molecule has 1 heterocycles. The van der Waals surface area contributed by atoms with Gasteiger partial charge in [0.05, 0.1) is 13.3 Å². The van der Waals surface area contributed by atoms with Gasteiger partial charge in [0.15, 0.2) is 5.82 Å². The standard InChI is InChI=1S/C14H16ClN5O3/c1-23-14(22)17-12-8-20(19-18-12)9-13(21)16-6-5-10-3-2-4-11(15)7-10/h2-4,7-8H,5-6,9H2,1H3,(H,16,21)(H,17,22). The second kappa shape index (κ2) is 8.14. The quantitative estimate of drug-likeness (QED) is 0.831. The fourth-order valence-corrected chi connectivity index (χ4v) is 2.04. The highest BCUT2D eigenvalue weighted by Crippen LogP contribution is 2.10. The Bertz CT molecular complexity index is 689. The van der Waals surface area contributed by atoms with Crippen molar-refractivity contribution in [1.82, 2.24) is 20.3 Å². The summed E-state index contributed by atoms with van der Waals surface area (Å²) < 4.78 is 5.75. The third kappa shape index (κ3) is 5.59. The number of carbonyl (C=O) groups excluding carboxylic acids is 2. The molecule has 122 valence electrons. The minimum Gasteiger partial charge on any atom is -0.453 e. The van der Waals surface area contributed by atoms with Crippen LogP contribution in [-0.2, 0) is 22.5 Å². The maximum absolute atomic E-state index is 11.8. The third-order valence-corrected chi connectivity index (χ3v) is 3.12. The molecule has 0 aliphatic heterocycles. The predicted octanol–water partition coefficient (Wildman–Crippen LogP) is 1.47. The molecule has 0 aliphatic rings. The van der Waals surface area contributed by atoms with E-state index in [1.165, 1.54) is 18.0 Å². The molecule has 0 saturated heterocycles. The number of benzene rings is 1. The minimum absolute atomic E-state index is 0.00536. The summed E-state index contributed by atoms with van der Waals surface area (Å²) in [6.07, 6.45) is 1.47. The Balaban J connectivity index is 1.75. The Morgan fingerprint density at radius 3 is 2.96 bits per heavy atom. The summed E-state index contributed by atoms with van der Waals surface area (Å²) in [6.45, 7) is 0.493. The largest absolute Gasteiger partial charge is 0.453 e. The highest BCUT2D eigenvalue weighted by Gasteiger charge is 2.08. The molecular weight excluding hydrogens is 322 g/mol. The molecule has 0 bridgehead atoms. The Labute approximate surface area is 137 Å². The van der Waals surface area contributed by atoms with Crippen molar-refractivity contribution in [2.24, 2.45) is 0 Å². The smallest absolute Gasteiger partial charge is 0.412 e. The van der Waals surface area contributed by atoms with E-state index >= 15 is 0 Å². The molecule has 2 amide bonds. The number of methoxy groups -OCH3 is 1. The highest BCUT2D eigenvalue weighted by molar-refractivity contribution is 6.30. The van der Waals surface area contributed by atoms with E-state index in [1.54, 1.807) is 6.07 Å². The maximum atomic E-state index is 11.8. The Kier molecular flexibility index (Phi) is 5.93. The summed E-state index contributed by atoms with van der Waals surface area (Å²) >= 11 is 5.90. The van der Waals surface area contributed by atoms with Gasteiger partial charge >= 0.3 is 6.09 Å². The number of nitrogens with one attached hydrogen (secondary N) is 2. The van der Waals surface area contributed by atoms with Crippen molar-refractivity contribution in [3.63, 3.8) is 0 Å². The monoisotopic (exact) mass is 337 g/mol. The number of anilines is 1. The first-order chi connectivity index (χ1) is 11.1. The predicted molar refractivity (Wildman–Crippen MR) is 84.2 cm³/mol. The van der Waals surface area contributed by atoms with Crippen LogP contribution in [0.3, 0.4) is 0 Å². The Morgan fingerprint density at radius 1 is 1.39 bits per heavy atom. The number of rotatable bonds is 6. The second-order valence-corrected chi connectivity index (χ2v) is 5.08. The summed E-state index contributed by atoms with van der Waals surface area (Å²) in [7, 11) is 1.24. The fraction of sp³-hybridized carbons (Fsp3) is 0.286. The van der Waals surface area contributed by atoms with Crippen molar-refractivity contribution in [3.05, 3.63) is 41.0 Å². The zero-order valence-electron chi connectivity index (χ0n) is 12.5. The van der Waals surface area contributed by atoms with E-state index in [4.69, 9.17) is 11.6 Å². The second-order valence-electron chi connectivity index (χ2n) is 4.65. The van der Waals surface area contributed by atoms with E-state index in [0.717, 1.165) is 5.56 Å². The lowest BCUT2D eigenvalue weighted by molar-refractivity contribution is -0.121. The van der Waals surface area contributed by atoms with Crippen molar-refractivity contribution in [2.45, 2.75) is 13.0 Å². The molecule has 0 radical (unpaired) electrons. The molecule has 0 aliphatic carbocycles. The first kappa shape index (κ1) is 16.8. The van der Waals surface area contributed by atoms with Crippen LogP contribution in [0, 0.1) is 0 Å². The molecule has 0 saturated carbocycles. The van der Waals surface area contributed by atoms with Crippen molar-refractivity contribution < 1.29 is 14.3 Å². The Morgan fingerprint density at radius 2 is 2.22 bits per heavy atom. The SMILES string of the molecule is COC(=O)Nc1cn(CC(=O)NCCc2cccc(Cl)c2)nn1. The molecular formula is C14H16ClN5O3. The van der Waals surface area contributed by atoms with Gasteiger partial charge in [0.1, 0.15) is 6.54 Å². The van der Waals surface area contributed by atoms with Crippen molar-refractivity contribution in [1.29, 1.82) is 0 Å². The van der Waals surface area contributed by atoms with Crippen LogP contribution < -0.4 is 10.6 Å². The molecule has 2 rings (SSSR count). The molecule has 0 spiro atoms. The first-order valence-electron chi connectivity index (χ1n) is 6.83. The number of ether oxygens (including phenoxy) is 1. The zero-order chi connectivity index (χ0) is 16.7. The van der Waals surface area contributed by atoms with Crippen LogP contribution in [0.25, 0.3) is 0 Å². The number of nitrogens with zero attached hydrogens (tertiary/aromatic N) is 3. The van der Waals surface area contributed by atoms with Gasteiger partial charge in [-0.25, -0.2) is 9.48 Å². The molecule has 23 heavy (non-hydrogen) atoms. The fourth-order valence-electron chi connectivity index (χ4n) is 1.83. The summed E-state index contributed by atoms with van der Waals surface area (Å²) in [6, 6.07) is 7.47. The van der Waals surface area contributed by atoms with Gasteiger partial charge in [-0.2, -0.15) is 0 Å². The van der Waals surface area contributed by atoms with Crippen molar-refractivity contribution in [3.8, 4) is 0 Å². The minimum atomic E-state index is -0.650. The normalized spacial score (nSPS) is 10.2. The number of amides is 2. The molecule has 1 aromatic carbocycles. The molecule has 0 unspecified atom stereocenters. The van der Waals surface area contributed by atoms with E-state index < -0.39 is 6.09 Å². The number of hydrogen-bond donors (Lipinski definition) is 2. The van der Waals surface area contributed by atoms with Crippen LogP contribution in [0.2, 0.25) is 5.02 Å². The molecule has 2 N–H and O–H groups in total. The molecule has 8 nitrogen and oxygen atoms in total. The Hall–Kier alpha value is -2.61. The van der Waals surface area contributed by atoms with Gasteiger partial charge in [0, 0.05) is 11.6 Å². The average Bonchev–Trinajstić information content (AvgIpc) is 2.94. The average molecular weight is 338 g/mol. The van der Waals surface area contributed by atoms with E-state index in [0.29, 0.717) is 18.0 Å². The number of carbonyl (C=O) groups is 2. The number of hydrogen-bond acceptors (Lipinski definition) is 5. The topological polar surface area (TPSA) is 98.1 Å². The van der Waals surface area contributed by atoms with Gasteiger partial charge in [-0.05, 0) is 24.1 Å². The summed E-state index contributed by atoms with van der Waals surface area (Å²) in [5, 5.41) is 13.2. The summed E-state index contributed by atoms with van der Waals surface area (Å²) in [5.41, 5.74) is 1.04. The lowest BCUT2D eigenvalue weighted by Gasteiger charge is -2.05. The van der Waals surface area contributed by atoms with Gasteiger partial charge in [-0.15, -0.1) is 5.10 Å². The van der Waals surface area contributed by atoms with Crippen LogP contribution in [0.5, 0.6) is 0 Å². The first-order valence-corrected chi connectivity index (χ1v) is 7.21. The molecule has 9 heteroatoms. The molecule has 0 atom stereocenters. The van der Waals surface area contributed by atoms with Gasteiger partial charge in [0.25, 0.3) is 0 Å². The van der Waals surface area contributed by atoms with Crippen LogP contribution in [-0.4, -0.2) is 40.6 Å². The van der Waals surface area contributed by atoms with E-state index in [9.17, 15) is 9.59 Å². The summed E-state index contributed by atoms with van der Waals surface area (Å²) in [4.78, 5) is 22.8. The summed E-state index contributed by atoms with van der Waals surface area (Å²) in [5.74, 6) is 0.00474. The number of halogens is 1. The highest BCUT2D eigenvalue weighted by atomic mass is 35.5. The van der Waals surface area contributed by atoms with E-state index in [-0.39, 0.29) is 18.3 Å². The molecule has 0 fully saturated rings. The van der Waals surface area contributed by atoms with Crippen LogP contribution in [0.15, 0.2) is 30.5 Å². The van der Waals surface area contributed by atoms with Gasteiger partial charge in [0.2, 0.25) is 5.91 Å². The van der Waals surface area contributed by atoms with Crippen LogP contribution in [0.4, 0.5) is 10.6 Å². The van der Waals surface area contributed by atoms with Gasteiger partial charge < -0.3 is 10.1 Å². The maximum Gasteiger partial charge on any atom is 0.412 e. The third-order valence-electron chi connectivity index (χ3n) is 2.88. The van der Waals surface area contributed by atoms with Crippen molar-refractivity contribution >= 4 is 29.4 Å². The zero-order valence-corrected chi connectivity index (χ0v) is 13.2. The molecule has 2 aromatic rings. The van der Waals surface area contributed by atoms with Crippen molar-refractivity contribution in [2.75, 3.05) is 19.0 Å². The van der Waals surface area contributed by atoms with Crippen LogP contribution >= 0.6 is 11.6 Å². The van der Waals surface area contributed by atoms with Crippen LogP contribution in [0.1, 0.15) is 5.56 Å². The van der Waals surface area contributed by atoms with Gasteiger partial charge in [-0.1, -0.05) is 28.9 Å².